The minimum Gasteiger partial charge on any atom is -0.454 e. The Morgan fingerprint density at radius 3 is 2.65 bits per heavy atom. The zero-order valence-electron chi connectivity index (χ0n) is 16.0. The Balaban J connectivity index is 1.53. The molecule has 1 aromatic carbocycles. The number of fused-ring (bicyclic) bond motifs is 1. The molecule has 2 aliphatic heterocycles. The fourth-order valence-corrected chi connectivity index (χ4v) is 3.34. The summed E-state index contributed by atoms with van der Waals surface area (Å²) in [6.07, 6.45) is 3.75. The fourth-order valence-electron chi connectivity index (χ4n) is 3.34. The molecule has 26 heavy (non-hydrogen) atoms. The van der Waals surface area contributed by atoms with E-state index in [9.17, 15) is 4.79 Å². The van der Waals surface area contributed by atoms with Crippen LogP contribution >= 0.6 is 0 Å². The highest BCUT2D eigenvalue weighted by atomic mass is 16.7. The number of nitrogens with one attached hydrogen (secondary N) is 1. The van der Waals surface area contributed by atoms with Crippen molar-refractivity contribution in [3.63, 3.8) is 0 Å². The molecule has 0 saturated carbocycles. The highest BCUT2D eigenvalue weighted by Gasteiger charge is 2.33. The van der Waals surface area contributed by atoms with Gasteiger partial charge >= 0.3 is 0 Å². The molecule has 0 aromatic heterocycles. The van der Waals surface area contributed by atoms with Crippen LogP contribution in [0.25, 0.3) is 6.08 Å². The van der Waals surface area contributed by atoms with E-state index in [1.165, 1.54) is 0 Å². The largest absolute Gasteiger partial charge is 0.454 e. The molecule has 2 aliphatic rings. The first-order valence-corrected chi connectivity index (χ1v) is 9.09. The van der Waals surface area contributed by atoms with Crippen molar-refractivity contribution in [1.82, 2.24) is 10.2 Å². The fraction of sp³-hybridized carbons (Fsp3) is 0.550. The molecule has 142 valence electrons. The standard InChI is InChI=1S/C20H28N2O4/c1-14-10-22(11-15(2)26-14)20(3,4)12-21-19(23)8-6-16-5-7-17-18(9-16)25-13-24-17/h5-9,14-15H,10-13H2,1-4H3,(H,21,23)/b8-6+/t14-,15-/m1/s1. The first kappa shape index (κ1) is 18.7. The summed E-state index contributed by atoms with van der Waals surface area (Å²) in [5.74, 6) is 1.34. The summed E-state index contributed by atoms with van der Waals surface area (Å²) in [4.78, 5) is 14.6. The SMILES string of the molecule is C[C@@H]1CN(C(C)(C)CNC(=O)/C=C/c2ccc3c(c2)OCO3)C[C@@H](C)O1. The molecule has 6 nitrogen and oxygen atoms in total. The molecular formula is C20H28N2O4. The summed E-state index contributed by atoms with van der Waals surface area (Å²) in [6.45, 7) is 11.1. The molecular weight excluding hydrogens is 332 g/mol. The predicted molar refractivity (Wildman–Crippen MR) is 100 cm³/mol. The van der Waals surface area contributed by atoms with Gasteiger partial charge in [-0.25, -0.2) is 0 Å². The minimum atomic E-state index is -0.130. The van der Waals surface area contributed by atoms with Gasteiger partial charge in [0, 0.05) is 31.2 Å². The van der Waals surface area contributed by atoms with Crippen LogP contribution in [0.1, 0.15) is 33.3 Å². The number of benzene rings is 1. The van der Waals surface area contributed by atoms with E-state index >= 15 is 0 Å². The Labute approximate surface area is 155 Å². The summed E-state index contributed by atoms with van der Waals surface area (Å²) in [6, 6.07) is 5.62. The van der Waals surface area contributed by atoms with E-state index in [1.807, 2.05) is 18.2 Å². The third-order valence-corrected chi connectivity index (χ3v) is 4.79. The molecule has 0 unspecified atom stereocenters. The summed E-state index contributed by atoms with van der Waals surface area (Å²) < 4.78 is 16.4. The summed E-state index contributed by atoms with van der Waals surface area (Å²) in [5, 5.41) is 3.01. The highest BCUT2D eigenvalue weighted by Crippen LogP contribution is 2.32. The average Bonchev–Trinajstić information content (AvgIpc) is 3.05. The molecule has 1 aromatic rings. The predicted octanol–water partition coefficient (Wildman–Crippen LogP) is 2.43. The number of hydrogen-bond donors (Lipinski definition) is 1. The molecule has 3 rings (SSSR count). The van der Waals surface area contributed by atoms with Crippen LogP contribution < -0.4 is 14.8 Å². The second-order valence-electron chi connectivity index (χ2n) is 7.64. The number of carbonyl (C=O) groups is 1. The van der Waals surface area contributed by atoms with Gasteiger partial charge in [0.05, 0.1) is 12.2 Å². The van der Waals surface area contributed by atoms with Crippen LogP contribution in [-0.2, 0) is 9.53 Å². The van der Waals surface area contributed by atoms with Crippen molar-refractivity contribution in [3.05, 3.63) is 29.8 Å². The van der Waals surface area contributed by atoms with Gasteiger partial charge in [-0.1, -0.05) is 6.07 Å². The minimum absolute atomic E-state index is 0.106. The first-order valence-electron chi connectivity index (χ1n) is 9.09. The highest BCUT2D eigenvalue weighted by molar-refractivity contribution is 5.91. The van der Waals surface area contributed by atoms with Crippen LogP contribution in [-0.4, -0.2) is 55.0 Å². The monoisotopic (exact) mass is 360 g/mol. The summed E-state index contributed by atoms with van der Waals surface area (Å²) >= 11 is 0. The van der Waals surface area contributed by atoms with Crippen molar-refractivity contribution in [3.8, 4) is 11.5 Å². The van der Waals surface area contributed by atoms with E-state index in [0.717, 1.165) is 24.4 Å². The maximum Gasteiger partial charge on any atom is 0.244 e. The number of morpholine rings is 1. The Hall–Kier alpha value is -2.05. The maximum atomic E-state index is 12.2. The van der Waals surface area contributed by atoms with E-state index < -0.39 is 0 Å². The smallest absolute Gasteiger partial charge is 0.244 e. The molecule has 1 fully saturated rings. The van der Waals surface area contributed by atoms with E-state index in [1.54, 1.807) is 12.2 Å². The second-order valence-corrected chi connectivity index (χ2v) is 7.64. The van der Waals surface area contributed by atoms with Gasteiger partial charge < -0.3 is 19.5 Å². The van der Waals surface area contributed by atoms with Gasteiger partial charge in [0.2, 0.25) is 12.7 Å². The van der Waals surface area contributed by atoms with E-state index in [-0.39, 0.29) is 30.4 Å². The van der Waals surface area contributed by atoms with Crippen LogP contribution in [0.15, 0.2) is 24.3 Å². The third-order valence-electron chi connectivity index (χ3n) is 4.79. The van der Waals surface area contributed by atoms with Crippen LogP contribution in [0.2, 0.25) is 0 Å². The zero-order chi connectivity index (χ0) is 18.7. The van der Waals surface area contributed by atoms with Gasteiger partial charge in [0.25, 0.3) is 0 Å². The Morgan fingerprint density at radius 2 is 1.92 bits per heavy atom. The number of amides is 1. The number of carbonyl (C=O) groups excluding carboxylic acids is 1. The molecule has 1 N–H and O–H groups in total. The molecule has 0 spiro atoms. The van der Waals surface area contributed by atoms with Crippen molar-refractivity contribution in [2.24, 2.45) is 0 Å². The molecule has 0 radical (unpaired) electrons. The molecule has 0 aliphatic carbocycles. The van der Waals surface area contributed by atoms with Crippen molar-refractivity contribution in [2.45, 2.75) is 45.4 Å². The molecule has 1 saturated heterocycles. The van der Waals surface area contributed by atoms with E-state index in [2.05, 4.69) is 37.9 Å². The van der Waals surface area contributed by atoms with Crippen molar-refractivity contribution in [2.75, 3.05) is 26.4 Å². The Morgan fingerprint density at radius 1 is 1.23 bits per heavy atom. The molecule has 0 bridgehead atoms. The average molecular weight is 360 g/mol. The van der Waals surface area contributed by atoms with Gasteiger partial charge in [-0.15, -0.1) is 0 Å². The van der Waals surface area contributed by atoms with Crippen molar-refractivity contribution in [1.29, 1.82) is 0 Å². The van der Waals surface area contributed by atoms with Crippen LogP contribution in [0.3, 0.4) is 0 Å². The number of rotatable bonds is 5. The van der Waals surface area contributed by atoms with Gasteiger partial charge in [0.15, 0.2) is 11.5 Å². The topological polar surface area (TPSA) is 60.0 Å². The lowest BCUT2D eigenvalue weighted by molar-refractivity contribution is -0.118. The number of nitrogens with zero attached hydrogens (tertiary/aromatic N) is 1. The lowest BCUT2D eigenvalue weighted by Crippen LogP contribution is -2.58. The third kappa shape index (κ3) is 4.56. The van der Waals surface area contributed by atoms with Crippen LogP contribution in [0, 0.1) is 0 Å². The summed E-state index contributed by atoms with van der Waals surface area (Å²) in [7, 11) is 0. The van der Waals surface area contributed by atoms with Gasteiger partial charge in [-0.05, 0) is 51.5 Å². The Bertz CT molecular complexity index is 676. The molecule has 1 amide bonds. The Kier molecular flexibility index (Phi) is 5.53. The first-order chi connectivity index (χ1) is 12.3. The van der Waals surface area contributed by atoms with Crippen molar-refractivity contribution >= 4 is 12.0 Å². The maximum absolute atomic E-state index is 12.2. The van der Waals surface area contributed by atoms with Gasteiger partial charge in [-0.2, -0.15) is 0 Å². The van der Waals surface area contributed by atoms with E-state index in [4.69, 9.17) is 14.2 Å². The molecule has 2 heterocycles. The number of hydrogen-bond acceptors (Lipinski definition) is 5. The van der Waals surface area contributed by atoms with Gasteiger partial charge in [-0.3, -0.25) is 9.69 Å². The summed E-state index contributed by atoms with van der Waals surface area (Å²) in [5.41, 5.74) is 0.772. The van der Waals surface area contributed by atoms with E-state index in [0.29, 0.717) is 12.3 Å². The van der Waals surface area contributed by atoms with Gasteiger partial charge in [0.1, 0.15) is 0 Å². The number of ether oxygens (including phenoxy) is 3. The van der Waals surface area contributed by atoms with Crippen molar-refractivity contribution < 1.29 is 19.0 Å². The quantitative estimate of drug-likeness (QED) is 0.818. The zero-order valence-corrected chi connectivity index (χ0v) is 16.0. The van der Waals surface area contributed by atoms with Crippen LogP contribution in [0.5, 0.6) is 11.5 Å². The normalized spacial score (nSPS) is 23.4. The molecule has 6 heteroatoms. The lowest BCUT2D eigenvalue weighted by Gasteiger charge is -2.45. The lowest BCUT2D eigenvalue weighted by atomic mass is 10.00. The van der Waals surface area contributed by atoms with Crippen LogP contribution in [0.4, 0.5) is 0 Å². The molecule has 2 atom stereocenters. The second kappa shape index (κ2) is 7.68.